The summed E-state index contributed by atoms with van der Waals surface area (Å²) in [6.07, 6.45) is 6.39. The Kier molecular flexibility index (Phi) is 4.25. The predicted molar refractivity (Wildman–Crippen MR) is 96.8 cm³/mol. The molecule has 2 aliphatic rings. The lowest BCUT2D eigenvalue weighted by molar-refractivity contribution is -0.184. The highest BCUT2D eigenvalue weighted by atomic mass is 16.7. The summed E-state index contributed by atoms with van der Waals surface area (Å²) in [5.74, 6) is 0.522. The number of fused-ring (bicyclic) bond motifs is 1. The van der Waals surface area contributed by atoms with Gasteiger partial charge < -0.3 is 14.4 Å². The molecule has 0 radical (unpaired) electrons. The molecule has 6 heteroatoms. The third-order valence-electron chi connectivity index (χ3n) is 6.08. The minimum absolute atomic E-state index is 0.0653. The molecule has 0 unspecified atom stereocenters. The number of aromatic nitrogens is 2. The van der Waals surface area contributed by atoms with Crippen LogP contribution >= 0.6 is 0 Å². The molecule has 2 fully saturated rings. The average Bonchev–Trinajstić information content (AvgIpc) is 2.62. The summed E-state index contributed by atoms with van der Waals surface area (Å²) in [4.78, 5) is 14.4. The molecule has 134 valence electrons. The Labute approximate surface area is 147 Å². The highest BCUT2D eigenvalue weighted by Gasteiger charge is 2.48. The van der Waals surface area contributed by atoms with E-state index in [0.29, 0.717) is 16.7 Å². The molecule has 1 aliphatic carbocycles. The SMILES string of the molecule is COC(OC)C1CC2(CCN(c3ccc4cn[nH]c(=O)c4c3)CC2)C1. The van der Waals surface area contributed by atoms with Crippen molar-refractivity contribution in [2.45, 2.75) is 32.0 Å². The minimum Gasteiger partial charge on any atom is -0.371 e. The van der Waals surface area contributed by atoms with E-state index in [0.717, 1.165) is 24.2 Å². The van der Waals surface area contributed by atoms with Crippen LogP contribution in [-0.2, 0) is 9.47 Å². The topological polar surface area (TPSA) is 67.5 Å². The number of benzene rings is 1. The van der Waals surface area contributed by atoms with Crippen LogP contribution in [0.4, 0.5) is 5.69 Å². The molecular formula is C19H25N3O3. The van der Waals surface area contributed by atoms with E-state index in [4.69, 9.17) is 9.47 Å². The van der Waals surface area contributed by atoms with Gasteiger partial charge in [-0.2, -0.15) is 5.10 Å². The lowest BCUT2D eigenvalue weighted by atomic mass is 9.57. The number of hydrogen-bond acceptors (Lipinski definition) is 5. The van der Waals surface area contributed by atoms with Crippen LogP contribution < -0.4 is 10.5 Å². The van der Waals surface area contributed by atoms with E-state index >= 15 is 0 Å². The third-order valence-corrected chi connectivity index (χ3v) is 6.08. The number of methoxy groups -OCH3 is 2. The zero-order valence-electron chi connectivity index (χ0n) is 14.8. The van der Waals surface area contributed by atoms with Gasteiger partial charge in [-0.3, -0.25) is 4.79 Å². The second kappa shape index (κ2) is 6.42. The Hall–Kier alpha value is -1.92. The van der Waals surface area contributed by atoms with Crippen LogP contribution in [0.1, 0.15) is 25.7 Å². The minimum atomic E-state index is -0.125. The Morgan fingerprint density at radius 2 is 1.96 bits per heavy atom. The van der Waals surface area contributed by atoms with Crippen molar-refractivity contribution in [2.75, 3.05) is 32.2 Å². The Morgan fingerprint density at radius 1 is 1.24 bits per heavy atom. The second-order valence-electron chi connectivity index (χ2n) is 7.47. The van der Waals surface area contributed by atoms with Gasteiger partial charge in [-0.05, 0) is 43.2 Å². The highest BCUT2D eigenvalue weighted by molar-refractivity contribution is 5.84. The molecule has 2 aromatic rings. The number of piperidine rings is 1. The van der Waals surface area contributed by atoms with Gasteiger partial charge in [0.1, 0.15) is 0 Å². The average molecular weight is 343 g/mol. The summed E-state index contributed by atoms with van der Waals surface area (Å²) < 4.78 is 10.8. The standard InChI is InChI=1S/C19H25N3O3/c1-24-18(25-2)14-10-19(11-14)5-7-22(8-6-19)15-4-3-13-12-20-21-17(23)16(13)9-15/h3-4,9,12,14,18H,5-8,10-11H2,1-2H3,(H,21,23). The van der Waals surface area contributed by atoms with Crippen LogP contribution in [-0.4, -0.2) is 43.8 Å². The van der Waals surface area contributed by atoms with Gasteiger partial charge >= 0.3 is 0 Å². The largest absolute Gasteiger partial charge is 0.371 e. The number of nitrogens with one attached hydrogen (secondary N) is 1. The molecule has 0 bridgehead atoms. The van der Waals surface area contributed by atoms with Gasteiger partial charge in [0, 0.05) is 44.3 Å². The van der Waals surface area contributed by atoms with Crippen molar-refractivity contribution in [3.8, 4) is 0 Å². The maximum atomic E-state index is 12.0. The number of aromatic amines is 1. The molecule has 0 amide bonds. The summed E-state index contributed by atoms with van der Waals surface area (Å²) in [7, 11) is 3.44. The summed E-state index contributed by atoms with van der Waals surface area (Å²) >= 11 is 0. The van der Waals surface area contributed by atoms with E-state index in [1.807, 2.05) is 12.1 Å². The molecule has 1 saturated heterocycles. The Morgan fingerprint density at radius 3 is 2.64 bits per heavy atom. The zero-order chi connectivity index (χ0) is 17.4. The molecule has 6 nitrogen and oxygen atoms in total. The summed E-state index contributed by atoms with van der Waals surface area (Å²) in [5.41, 5.74) is 1.45. The molecule has 0 atom stereocenters. The van der Waals surface area contributed by atoms with Crippen LogP contribution in [0.15, 0.2) is 29.2 Å². The Bertz CT molecular complexity index is 799. The van der Waals surface area contributed by atoms with Gasteiger partial charge in [0.25, 0.3) is 5.56 Å². The molecule has 25 heavy (non-hydrogen) atoms. The van der Waals surface area contributed by atoms with E-state index in [1.54, 1.807) is 20.4 Å². The van der Waals surface area contributed by atoms with Crippen LogP contribution in [0, 0.1) is 11.3 Å². The number of ether oxygens (including phenoxy) is 2. The number of H-pyrrole nitrogens is 1. The van der Waals surface area contributed by atoms with E-state index < -0.39 is 0 Å². The van der Waals surface area contributed by atoms with Crippen molar-refractivity contribution >= 4 is 16.5 Å². The summed E-state index contributed by atoms with van der Waals surface area (Å²) in [6.45, 7) is 2.07. The molecule has 1 N–H and O–H groups in total. The van der Waals surface area contributed by atoms with E-state index in [-0.39, 0.29) is 11.8 Å². The van der Waals surface area contributed by atoms with Crippen molar-refractivity contribution in [3.05, 3.63) is 34.7 Å². The fraction of sp³-hybridized carbons (Fsp3) is 0.579. The summed E-state index contributed by atoms with van der Waals surface area (Å²) in [5, 5.41) is 7.96. The quantitative estimate of drug-likeness (QED) is 0.864. The van der Waals surface area contributed by atoms with Crippen molar-refractivity contribution < 1.29 is 9.47 Å². The van der Waals surface area contributed by atoms with Crippen molar-refractivity contribution in [2.24, 2.45) is 11.3 Å². The number of nitrogens with zero attached hydrogens (tertiary/aromatic N) is 2. The first-order valence-electron chi connectivity index (χ1n) is 8.92. The monoisotopic (exact) mass is 343 g/mol. The molecule has 1 aromatic carbocycles. The van der Waals surface area contributed by atoms with Gasteiger partial charge in [-0.25, -0.2) is 5.10 Å². The molecular weight excluding hydrogens is 318 g/mol. The van der Waals surface area contributed by atoms with Crippen LogP contribution in [0.25, 0.3) is 10.8 Å². The normalized spacial score (nSPS) is 20.4. The highest BCUT2D eigenvalue weighted by Crippen LogP contribution is 2.54. The van der Waals surface area contributed by atoms with Crippen molar-refractivity contribution in [1.82, 2.24) is 10.2 Å². The van der Waals surface area contributed by atoms with E-state index in [2.05, 4.69) is 21.2 Å². The smallest absolute Gasteiger partial charge is 0.272 e. The van der Waals surface area contributed by atoms with Crippen molar-refractivity contribution in [1.29, 1.82) is 0 Å². The first-order valence-corrected chi connectivity index (χ1v) is 8.92. The number of rotatable bonds is 4. The number of hydrogen-bond donors (Lipinski definition) is 1. The predicted octanol–water partition coefficient (Wildman–Crippen LogP) is 2.54. The van der Waals surface area contributed by atoms with Crippen LogP contribution in [0.2, 0.25) is 0 Å². The third kappa shape index (κ3) is 2.93. The van der Waals surface area contributed by atoms with Gasteiger partial charge in [-0.15, -0.1) is 0 Å². The van der Waals surface area contributed by atoms with Crippen LogP contribution in [0.5, 0.6) is 0 Å². The van der Waals surface area contributed by atoms with Crippen LogP contribution in [0.3, 0.4) is 0 Å². The molecule has 1 aliphatic heterocycles. The second-order valence-corrected chi connectivity index (χ2v) is 7.47. The van der Waals surface area contributed by atoms with Gasteiger partial charge in [0.15, 0.2) is 6.29 Å². The molecule has 1 aromatic heterocycles. The molecule has 4 rings (SSSR count). The lowest BCUT2D eigenvalue weighted by Crippen LogP contribution is -2.50. The first kappa shape index (κ1) is 16.5. The van der Waals surface area contributed by atoms with Gasteiger partial charge in [-0.1, -0.05) is 6.07 Å². The Balaban J connectivity index is 1.43. The van der Waals surface area contributed by atoms with Gasteiger partial charge in [0.05, 0.1) is 11.6 Å². The fourth-order valence-electron chi connectivity index (χ4n) is 4.64. The fourth-order valence-corrected chi connectivity index (χ4v) is 4.64. The molecule has 1 saturated carbocycles. The van der Waals surface area contributed by atoms with Gasteiger partial charge in [0.2, 0.25) is 0 Å². The molecule has 1 spiro atoms. The maximum absolute atomic E-state index is 12.0. The van der Waals surface area contributed by atoms with E-state index in [9.17, 15) is 4.79 Å². The lowest BCUT2D eigenvalue weighted by Gasteiger charge is -2.54. The van der Waals surface area contributed by atoms with Crippen molar-refractivity contribution in [3.63, 3.8) is 0 Å². The van der Waals surface area contributed by atoms with E-state index in [1.165, 1.54) is 25.7 Å². The maximum Gasteiger partial charge on any atom is 0.272 e. The number of anilines is 1. The summed E-state index contributed by atoms with van der Waals surface area (Å²) in [6, 6.07) is 6.07. The zero-order valence-corrected chi connectivity index (χ0v) is 14.8. The molecule has 2 heterocycles. The first-order chi connectivity index (χ1) is 12.1.